The lowest BCUT2D eigenvalue weighted by molar-refractivity contribution is -0.117. The quantitative estimate of drug-likeness (QED) is 0.262. The molecule has 2 N–H and O–H groups in total. The minimum Gasteiger partial charge on any atom is -0.497 e. The van der Waals surface area contributed by atoms with Crippen molar-refractivity contribution in [2.45, 2.75) is 13.2 Å². The van der Waals surface area contributed by atoms with Crippen LogP contribution in [0.3, 0.4) is 0 Å². The molecule has 0 bridgehead atoms. The molecule has 0 fully saturated rings. The molecule has 196 valence electrons. The molecule has 0 saturated carbocycles. The molecule has 10 heteroatoms. The van der Waals surface area contributed by atoms with Crippen LogP contribution < -0.4 is 24.3 Å². The van der Waals surface area contributed by atoms with E-state index in [1.165, 1.54) is 32.4 Å². The highest BCUT2D eigenvalue weighted by Gasteiger charge is 2.15. The van der Waals surface area contributed by atoms with Crippen LogP contribution in [0, 0.1) is 11.3 Å². The Hall–Kier alpha value is -4.68. The summed E-state index contributed by atoms with van der Waals surface area (Å²) in [5.74, 6) is 0.123. The van der Waals surface area contributed by atoms with Gasteiger partial charge in [0.2, 0.25) is 0 Å². The highest BCUT2D eigenvalue weighted by Crippen LogP contribution is 2.37. The van der Waals surface area contributed by atoms with Gasteiger partial charge in [-0.05, 0) is 53.6 Å². The second kappa shape index (κ2) is 13.0. The van der Waals surface area contributed by atoms with Crippen LogP contribution in [0.4, 0.5) is 0 Å². The predicted molar refractivity (Wildman–Crippen MR) is 141 cm³/mol. The molecule has 0 spiro atoms. The Kier molecular flexibility index (Phi) is 9.57. The first-order chi connectivity index (χ1) is 18.3. The number of methoxy groups -OCH3 is 3. The van der Waals surface area contributed by atoms with Crippen LogP contribution in [0.1, 0.15) is 27.0 Å². The first-order valence-electron chi connectivity index (χ1n) is 11.2. The van der Waals surface area contributed by atoms with Crippen molar-refractivity contribution in [3.05, 3.63) is 87.4 Å². The fraction of sp³-hybridized carbons (Fsp3) is 0.179. The Morgan fingerprint density at radius 3 is 2.32 bits per heavy atom. The lowest BCUT2D eigenvalue weighted by atomic mass is 10.1. The molecular formula is C28H25ClN2O7. The zero-order chi connectivity index (χ0) is 27.7. The molecule has 0 unspecified atom stereocenters. The molecule has 0 aliphatic carbocycles. The summed E-state index contributed by atoms with van der Waals surface area (Å²) in [5.41, 5.74) is 1.93. The number of carbonyl (C=O) groups is 2. The lowest BCUT2D eigenvalue weighted by Crippen LogP contribution is -2.24. The van der Waals surface area contributed by atoms with Crippen LogP contribution >= 0.6 is 11.6 Å². The smallest absolute Gasteiger partial charge is 0.335 e. The Morgan fingerprint density at radius 1 is 1.00 bits per heavy atom. The third kappa shape index (κ3) is 6.96. The SMILES string of the molecule is COc1ccc(CNC(=O)/C(C#N)=C/c2cc(Cl)c(OCc3ccc(C(=O)O)cc3)c(OC)c2)c(OC)c1. The molecular weight excluding hydrogens is 512 g/mol. The van der Waals surface area contributed by atoms with Gasteiger partial charge in [-0.3, -0.25) is 4.79 Å². The fourth-order valence-electron chi connectivity index (χ4n) is 3.45. The van der Waals surface area contributed by atoms with E-state index in [-0.39, 0.29) is 35.1 Å². The maximum Gasteiger partial charge on any atom is 0.335 e. The van der Waals surface area contributed by atoms with Crippen molar-refractivity contribution >= 4 is 29.6 Å². The maximum atomic E-state index is 12.7. The number of nitriles is 1. The highest BCUT2D eigenvalue weighted by molar-refractivity contribution is 6.32. The molecule has 0 aliphatic rings. The first kappa shape index (κ1) is 27.9. The van der Waals surface area contributed by atoms with E-state index in [9.17, 15) is 14.9 Å². The number of hydrogen-bond acceptors (Lipinski definition) is 7. The number of benzene rings is 3. The molecule has 3 aromatic rings. The van der Waals surface area contributed by atoms with Gasteiger partial charge in [-0.15, -0.1) is 0 Å². The van der Waals surface area contributed by atoms with Crippen LogP contribution in [0.15, 0.2) is 60.2 Å². The van der Waals surface area contributed by atoms with E-state index in [4.69, 9.17) is 35.7 Å². The van der Waals surface area contributed by atoms with E-state index in [1.807, 2.05) is 6.07 Å². The van der Waals surface area contributed by atoms with Crippen molar-refractivity contribution in [1.29, 1.82) is 5.26 Å². The summed E-state index contributed by atoms with van der Waals surface area (Å²) in [5, 5.41) is 21.5. The molecule has 0 atom stereocenters. The molecule has 0 radical (unpaired) electrons. The molecule has 3 rings (SSSR count). The van der Waals surface area contributed by atoms with E-state index in [2.05, 4.69) is 5.32 Å². The summed E-state index contributed by atoms with van der Waals surface area (Å²) in [6.45, 7) is 0.251. The lowest BCUT2D eigenvalue weighted by Gasteiger charge is -2.14. The second-order valence-electron chi connectivity index (χ2n) is 7.86. The third-order valence-corrected chi connectivity index (χ3v) is 5.73. The van der Waals surface area contributed by atoms with Gasteiger partial charge in [0.05, 0.1) is 31.9 Å². The number of ether oxygens (including phenoxy) is 4. The van der Waals surface area contributed by atoms with Crippen LogP contribution in [-0.4, -0.2) is 38.3 Å². The monoisotopic (exact) mass is 536 g/mol. The zero-order valence-corrected chi connectivity index (χ0v) is 21.7. The summed E-state index contributed by atoms with van der Waals surface area (Å²) in [7, 11) is 4.50. The number of hydrogen-bond donors (Lipinski definition) is 2. The van der Waals surface area contributed by atoms with Gasteiger partial charge in [-0.25, -0.2) is 4.79 Å². The topological polar surface area (TPSA) is 127 Å². The molecule has 0 aromatic heterocycles. The Labute approximate surface area is 224 Å². The Bertz CT molecular complexity index is 1400. The summed E-state index contributed by atoms with van der Waals surface area (Å²) >= 11 is 6.43. The number of halogens is 1. The van der Waals surface area contributed by atoms with Crippen molar-refractivity contribution < 1.29 is 33.6 Å². The van der Waals surface area contributed by atoms with Crippen molar-refractivity contribution in [3.8, 4) is 29.1 Å². The van der Waals surface area contributed by atoms with E-state index in [0.717, 1.165) is 5.56 Å². The van der Waals surface area contributed by atoms with Gasteiger partial charge in [0.1, 0.15) is 29.7 Å². The number of nitrogens with zero attached hydrogens (tertiary/aromatic N) is 1. The molecule has 38 heavy (non-hydrogen) atoms. The van der Waals surface area contributed by atoms with E-state index >= 15 is 0 Å². The summed E-state index contributed by atoms with van der Waals surface area (Å²) in [4.78, 5) is 23.7. The molecule has 9 nitrogen and oxygen atoms in total. The standard InChI is InChI=1S/C28H25ClN2O7/c1-35-22-9-8-20(24(13-22)36-2)15-31-27(32)21(14-30)10-18-11-23(29)26(25(12-18)37-3)38-16-17-4-6-19(7-5-17)28(33)34/h4-13H,15-16H2,1-3H3,(H,31,32)(H,33,34)/b21-10+. The highest BCUT2D eigenvalue weighted by atomic mass is 35.5. The van der Waals surface area contributed by atoms with Crippen molar-refractivity contribution in [2.75, 3.05) is 21.3 Å². The van der Waals surface area contributed by atoms with Crippen molar-refractivity contribution in [3.63, 3.8) is 0 Å². The number of carboxylic acid groups (broad SMARTS) is 1. The van der Waals surface area contributed by atoms with Gasteiger partial charge >= 0.3 is 5.97 Å². The fourth-order valence-corrected chi connectivity index (χ4v) is 3.72. The normalized spacial score (nSPS) is 10.8. The molecule has 0 heterocycles. The number of amides is 1. The summed E-state index contributed by atoms with van der Waals surface area (Å²) in [6, 6.07) is 16.5. The molecule has 1 amide bonds. The van der Waals surface area contributed by atoms with Gasteiger partial charge in [0.25, 0.3) is 5.91 Å². The Morgan fingerprint density at radius 2 is 1.71 bits per heavy atom. The van der Waals surface area contributed by atoms with E-state index in [0.29, 0.717) is 28.4 Å². The molecule has 0 aliphatic heterocycles. The van der Waals surface area contributed by atoms with Crippen molar-refractivity contribution in [2.24, 2.45) is 0 Å². The minimum absolute atomic E-state index is 0.117. The summed E-state index contributed by atoms with van der Waals surface area (Å²) < 4.78 is 21.7. The predicted octanol–water partition coefficient (Wildman–Crippen LogP) is 4.87. The van der Waals surface area contributed by atoms with E-state index < -0.39 is 11.9 Å². The van der Waals surface area contributed by atoms with Gasteiger partial charge in [0, 0.05) is 18.2 Å². The van der Waals surface area contributed by atoms with Gasteiger partial charge in [-0.1, -0.05) is 23.7 Å². The largest absolute Gasteiger partial charge is 0.497 e. The summed E-state index contributed by atoms with van der Waals surface area (Å²) in [6.07, 6.45) is 1.39. The van der Waals surface area contributed by atoms with Gasteiger partial charge < -0.3 is 29.4 Å². The number of aromatic carboxylic acids is 1. The van der Waals surface area contributed by atoms with Gasteiger partial charge in [0.15, 0.2) is 11.5 Å². The van der Waals surface area contributed by atoms with Crippen molar-refractivity contribution in [1.82, 2.24) is 5.32 Å². The maximum absolute atomic E-state index is 12.7. The second-order valence-corrected chi connectivity index (χ2v) is 8.26. The minimum atomic E-state index is -1.02. The third-order valence-electron chi connectivity index (χ3n) is 5.45. The van der Waals surface area contributed by atoms with Crippen LogP contribution in [0.2, 0.25) is 5.02 Å². The number of rotatable bonds is 11. The van der Waals surface area contributed by atoms with Gasteiger partial charge in [-0.2, -0.15) is 5.26 Å². The molecule has 3 aromatic carbocycles. The Balaban J connectivity index is 1.74. The van der Waals surface area contributed by atoms with Crippen LogP contribution in [-0.2, 0) is 17.9 Å². The van der Waals surface area contributed by atoms with Crippen LogP contribution in [0.5, 0.6) is 23.0 Å². The van der Waals surface area contributed by atoms with E-state index in [1.54, 1.807) is 49.6 Å². The number of carboxylic acids is 1. The molecule has 0 saturated heterocycles. The first-order valence-corrected chi connectivity index (χ1v) is 11.6. The average Bonchev–Trinajstić information content (AvgIpc) is 2.93. The number of nitrogens with one attached hydrogen (secondary N) is 1. The number of carbonyl (C=O) groups excluding carboxylic acids is 1. The zero-order valence-electron chi connectivity index (χ0n) is 20.9. The van der Waals surface area contributed by atoms with Crippen LogP contribution in [0.25, 0.3) is 6.08 Å². The average molecular weight is 537 g/mol.